The van der Waals surface area contributed by atoms with Gasteiger partial charge in [-0.1, -0.05) is 23.2 Å². The molecule has 4 nitrogen and oxygen atoms in total. The van der Waals surface area contributed by atoms with Gasteiger partial charge in [0.25, 0.3) is 5.56 Å². The van der Waals surface area contributed by atoms with Crippen LogP contribution < -0.4 is 10.9 Å². The maximum atomic E-state index is 11.2. The van der Waals surface area contributed by atoms with Gasteiger partial charge in [0.1, 0.15) is 5.02 Å². The van der Waals surface area contributed by atoms with Crippen molar-refractivity contribution in [3.63, 3.8) is 0 Å². The minimum Gasteiger partial charge on any atom is -0.364 e. The Bertz CT molecular complexity index is 552. The molecule has 2 aromatic rings. The van der Waals surface area contributed by atoms with E-state index in [1.807, 2.05) is 12.1 Å². The van der Waals surface area contributed by atoms with E-state index in [9.17, 15) is 4.79 Å². The van der Waals surface area contributed by atoms with E-state index in [1.54, 1.807) is 0 Å². The molecular formula is C9H7Cl2N3OS. The highest BCUT2D eigenvalue weighted by Crippen LogP contribution is 2.22. The SMILES string of the molecule is O=c1[nH]cnc(NCc2ccc(Cl)s2)c1Cl. The second-order valence-corrected chi connectivity index (χ2v) is 5.13. The Kier molecular flexibility index (Phi) is 3.48. The van der Waals surface area contributed by atoms with Crippen molar-refractivity contribution in [3.8, 4) is 0 Å². The molecule has 0 atom stereocenters. The Hall–Kier alpha value is -1.04. The first-order valence-electron chi connectivity index (χ1n) is 4.38. The van der Waals surface area contributed by atoms with E-state index < -0.39 is 0 Å². The third kappa shape index (κ3) is 2.55. The predicted octanol–water partition coefficient (Wildman–Crippen LogP) is 2.75. The van der Waals surface area contributed by atoms with Crippen molar-refractivity contribution in [1.29, 1.82) is 0 Å². The van der Waals surface area contributed by atoms with Crippen LogP contribution in [0.4, 0.5) is 5.82 Å². The number of thiophene rings is 1. The average Bonchev–Trinajstić information content (AvgIpc) is 2.67. The van der Waals surface area contributed by atoms with Gasteiger partial charge in [0.2, 0.25) is 0 Å². The van der Waals surface area contributed by atoms with E-state index in [0.29, 0.717) is 12.4 Å². The molecule has 0 aliphatic heterocycles. The lowest BCUT2D eigenvalue weighted by molar-refractivity contribution is 1.07. The molecule has 0 saturated heterocycles. The third-order valence-electron chi connectivity index (χ3n) is 1.86. The van der Waals surface area contributed by atoms with E-state index in [1.165, 1.54) is 17.7 Å². The van der Waals surface area contributed by atoms with Crippen molar-refractivity contribution in [2.24, 2.45) is 0 Å². The summed E-state index contributed by atoms with van der Waals surface area (Å²) in [6, 6.07) is 3.72. The van der Waals surface area contributed by atoms with Crippen LogP contribution in [-0.2, 0) is 6.54 Å². The monoisotopic (exact) mass is 275 g/mol. The number of H-pyrrole nitrogens is 1. The van der Waals surface area contributed by atoms with E-state index in [2.05, 4.69) is 15.3 Å². The number of aromatic amines is 1. The summed E-state index contributed by atoms with van der Waals surface area (Å²) in [5.41, 5.74) is -0.358. The van der Waals surface area contributed by atoms with Crippen LogP contribution in [0.1, 0.15) is 4.88 Å². The molecule has 2 N–H and O–H groups in total. The molecule has 7 heteroatoms. The third-order valence-corrected chi connectivity index (χ3v) is 3.44. The molecular weight excluding hydrogens is 269 g/mol. The summed E-state index contributed by atoms with van der Waals surface area (Å²) in [7, 11) is 0. The molecule has 0 aliphatic carbocycles. The van der Waals surface area contributed by atoms with Crippen LogP contribution in [-0.4, -0.2) is 9.97 Å². The lowest BCUT2D eigenvalue weighted by Gasteiger charge is -2.04. The van der Waals surface area contributed by atoms with E-state index in [-0.39, 0.29) is 10.6 Å². The zero-order valence-electron chi connectivity index (χ0n) is 7.96. The molecule has 0 amide bonds. The van der Waals surface area contributed by atoms with Gasteiger partial charge < -0.3 is 10.3 Å². The number of rotatable bonds is 3. The minimum absolute atomic E-state index is 0.0603. The van der Waals surface area contributed by atoms with E-state index in [4.69, 9.17) is 23.2 Å². The molecule has 0 saturated carbocycles. The van der Waals surface area contributed by atoms with Gasteiger partial charge >= 0.3 is 0 Å². The molecule has 84 valence electrons. The predicted molar refractivity (Wildman–Crippen MR) is 66.5 cm³/mol. The molecule has 0 spiro atoms. The van der Waals surface area contributed by atoms with Gasteiger partial charge in [-0.05, 0) is 12.1 Å². The van der Waals surface area contributed by atoms with Crippen LogP contribution in [0.25, 0.3) is 0 Å². The second-order valence-electron chi connectivity index (χ2n) is 2.95. The van der Waals surface area contributed by atoms with Gasteiger partial charge in [-0.3, -0.25) is 4.79 Å². The van der Waals surface area contributed by atoms with Gasteiger partial charge in [0, 0.05) is 4.88 Å². The minimum atomic E-state index is -0.358. The summed E-state index contributed by atoms with van der Waals surface area (Å²) < 4.78 is 0.724. The van der Waals surface area contributed by atoms with Crippen LogP contribution in [0.15, 0.2) is 23.3 Å². The Morgan fingerprint density at radius 1 is 1.44 bits per heavy atom. The number of hydrogen-bond donors (Lipinski definition) is 2. The Morgan fingerprint density at radius 2 is 2.25 bits per heavy atom. The van der Waals surface area contributed by atoms with Crippen LogP contribution >= 0.6 is 34.5 Å². The molecule has 0 bridgehead atoms. The normalized spacial score (nSPS) is 10.4. The van der Waals surface area contributed by atoms with E-state index >= 15 is 0 Å². The highest BCUT2D eigenvalue weighted by molar-refractivity contribution is 7.16. The number of nitrogens with zero attached hydrogens (tertiary/aromatic N) is 1. The molecule has 16 heavy (non-hydrogen) atoms. The highest BCUT2D eigenvalue weighted by Gasteiger charge is 2.05. The van der Waals surface area contributed by atoms with Crippen molar-refractivity contribution in [2.75, 3.05) is 5.32 Å². The van der Waals surface area contributed by atoms with Gasteiger partial charge in [-0.25, -0.2) is 4.98 Å². The summed E-state index contributed by atoms with van der Waals surface area (Å²) >= 11 is 13.0. The number of aromatic nitrogens is 2. The highest BCUT2D eigenvalue weighted by atomic mass is 35.5. The zero-order valence-corrected chi connectivity index (χ0v) is 10.3. The maximum absolute atomic E-state index is 11.2. The van der Waals surface area contributed by atoms with Crippen LogP contribution in [0.5, 0.6) is 0 Å². The summed E-state index contributed by atoms with van der Waals surface area (Å²) in [4.78, 5) is 18.5. The fourth-order valence-electron chi connectivity index (χ4n) is 1.12. The number of halogens is 2. The van der Waals surface area contributed by atoms with Crippen LogP contribution in [0.2, 0.25) is 9.36 Å². The van der Waals surface area contributed by atoms with E-state index in [0.717, 1.165) is 9.21 Å². The smallest absolute Gasteiger partial charge is 0.271 e. The van der Waals surface area contributed by atoms with Crippen LogP contribution in [0.3, 0.4) is 0 Å². The van der Waals surface area contributed by atoms with Crippen molar-refractivity contribution < 1.29 is 0 Å². The van der Waals surface area contributed by atoms with Crippen molar-refractivity contribution in [1.82, 2.24) is 9.97 Å². The number of hydrogen-bond acceptors (Lipinski definition) is 4. The zero-order chi connectivity index (χ0) is 11.5. The van der Waals surface area contributed by atoms with Crippen molar-refractivity contribution >= 4 is 40.4 Å². The van der Waals surface area contributed by atoms with Gasteiger partial charge in [0.15, 0.2) is 5.82 Å². The first-order chi connectivity index (χ1) is 7.66. The second kappa shape index (κ2) is 4.86. The maximum Gasteiger partial charge on any atom is 0.271 e. The molecule has 0 fully saturated rings. The lowest BCUT2D eigenvalue weighted by atomic mass is 10.4. The Balaban J connectivity index is 2.10. The van der Waals surface area contributed by atoms with Gasteiger partial charge in [0.05, 0.1) is 17.2 Å². The molecule has 0 radical (unpaired) electrons. The molecule has 0 aliphatic rings. The van der Waals surface area contributed by atoms with Gasteiger partial charge in [-0.15, -0.1) is 11.3 Å². The topological polar surface area (TPSA) is 57.8 Å². The van der Waals surface area contributed by atoms with Crippen molar-refractivity contribution in [2.45, 2.75) is 6.54 Å². The number of nitrogens with one attached hydrogen (secondary N) is 2. The molecule has 0 unspecified atom stereocenters. The largest absolute Gasteiger partial charge is 0.364 e. The Morgan fingerprint density at radius 3 is 2.94 bits per heavy atom. The molecule has 2 aromatic heterocycles. The summed E-state index contributed by atoms with van der Waals surface area (Å²) in [6.07, 6.45) is 1.30. The number of anilines is 1. The summed E-state index contributed by atoms with van der Waals surface area (Å²) in [5, 5.41) is 3.03. The van der Waals surface area contributed by atoms with Crippen molar-refractivity contribution in [3.05, 3.63) is 43.0 Å². The molecule has 0 aromatic carbocycles. The summed E-state index contributed by atoms with van der Waals surface area (Å²) in [5.74, 6) is 0.370. The first-order valence-corrected chi connectivity index (χ1v) is 5.95. The standard InChI is InChI=1S/C9H7Cl2N3OS/c10-6-2-1-5(16-6)3-12-8-7(11)9(15)14-4-13-8/h1-2,4H,3H2,(H2,12,13,14,15). The lowest BCUT2D eigenvalue weighted by Crippen LogP contribution is -2.11. The van der Waals surface area contributed by atoms with Crippen LogP contribution in [0, 0.1) is 0 Å². The fraction of sp³-hybridized carbons (Fsp3) is 0.111. The average molecular weight is 276 g/mol. The van der Waals surface area contributed by atoms with Gasteiger partial charge in [-0.2, -0.15) is 0 Å². The summed E-state index contributed by atoms with van der Waals surface area (Å²) in [6.45, 7) is 0.535. The first kappa shape index (κ1) is 11.4. The molecule has 2 heterocycles. The Labute approximate surface area is 105 Å². The fourth-order valence-corrected chi connectivity index (χ4v) is 2.32. The quantitative estimate of drug-likeness (QED) is 0.906. The molecule has 2 rings (SSSR count).